The number of ether oxygens (including phenoxy) is 8. The lowest BCUT2D eigenvalue weighted by Crippen LogP contribution is -2.36. The van der Waals surface area contributed by atoms with Crippen molar-refractivity contribution in [3.8, 4) is 0 Å². The second kappa shape index (κ2) is 69.8. The van der Waals surface area contributed by atoms with E-state index in [0.717, 1.165) is 32.8 Å². The first-order valence-corrected chi connectivity index (χ1v) is 49.4. The zero-order chi connectivity index (χ0) is 99.3. The molecule has 0 radical (unpaired) electrons. The highest BCUT2D eigenvalue weighted by atomic mass is 32.2. The minimum atomic E-state index is -0.806. The average molecular weight is 1780 g/mol. The number of rotatable bonds is 39. The molecule has 0 rings (SSSR count). The molecule has 0 heterocycles. The second-order valence-electron chi connectivity index (χ2n) is 51.2. The summed E-state index contributed by atoms with van der Waals surface area (Å²) in [5.41, 5.74) is 3.36. The molecule has 123 heavy (non-hydrogen) atoms. The lowest BCUT2D eigenvalue weighted by Gasteiger charge is -2.25. The van der Waals surface area contributed by atoms with Crippen LogP contribution >= 0.6 is 11.8 Å². The highest BCUT2D eigenvalue weighted by Crippen LogP contribution is 2.28. The molecule has 0 aromatic rings. The quantitative estimate of drug-likeness (QED) is 0.0299. The Morgan fingerprint density at radius 2 is 0.634 bits per heavy atom. The van der Waals surface area contributed by atoms with E-state index in [4.69, 9.17) is 37.9 Å². The van der Waals surface area contributed by atoms with Crippen LogP contribution in [0.1, 0.15) is 469 Å². The average Bonchev–Trinajstić information content (AvgIpc) is 0.921. The van der Waals surface area contributed by atoms with Crippen molar-refractivity contribution in [2.24, 2.45) is 66.5 Å². The highest BCUT2D eigenvalue weighted by molar-refractivity contribution is 7.99. The molecule has 0 bridgehead atoms. The molecule has 0 atom stereocenters. The van der Waals surface area contributed by atoms with E-state index in [2.05, 4.69) is 242 Å². The number of nitrogens with zero attached hydrogens (tertiary/aromatic N) is 1. The van der Waals surface area contributed by atoms with Gasteiger partial charge < -0.3 is 58.5 Å². The summed E-state index contributed by atoms with van der Waals surface area (Å²) in [6.07, 6.45) is 20.7. The number of carbonyl (C=O) groups is 4. The summed E-state index contributed by atoms with van der Waals surface area (Å²) < 4.78 is 42.3. The summed E-state index contributed by atoms with van der Waals surface area (Å²) in [5.74, 6) is 1.94. The molecule has 0 fully saturated rings. The van der Waals surface area contributed by atoms with E-state index in [1.165, 1.54) is 134 Å². The van der Waals surface area contributed by atoms with Crippen LogP contribution in [0.25, 0.3) is 0 Å². The van der Waals surface area contributed by atoms with Gasteiger partial charge in [0.05, 0.1) is 53.6 Å². The van der Waals surface area contributed by atoms with Crippen LogP contribution in [-0.2, 0) is 57.1 Å². The summed E-state index contributed by atoms with van der Waals surface area (Å²) in [6, 6.07) is 0. The Bertz CT molecular complexity index is 2240. The third-order valence-corrected chi connectivity index (χ3v) is 18.0. The van der Waals surface area contributed by atoms with Gasteiger partial charge in [-0.15, -0.1) is 0 Å². The van der Waals surface area contributed by atoms with E-state index in [0.29, 0.717) is 82.0 Å². The smallest absolute Gasteiger partial charge is 0.311 e. The van der Waals surface area contributed by atoms with Crippen molar-refractivity contribution >= 4 is 35.6 Å². The number of esters is 3. The molecule has 0 aliphatic carbocycles. The molecule has 0 aliphatic rings. The Morgan fingerprint density at radius 1 is 0.350 bits per heavy atom. The molecule has 16 nitrogen and oxygen atoms in total. The monoisotopic (exact) mass is 1780 g/mol. The maximum Gasteiger partial charge on any atom is 0.311 e. The molecule has 1 amide bonds. The lowest BCUT2D eigenvalue weighted by molar-refractivity contribution is -0.189. The first-order chi connectivity index (χ1) is 54.5. The van der Waals surface area contributed by atoms with Crippen molar-refractivity contribution < 1.29 is 62.2 Å². The van der Waals surface area contributed by atoms with Crippen molar-refractivity contribution in [2.45, 2.75) is 515 Å². The third kappa shape index (κ3) is 151. The topological polar surface area (TPSA) is 190 Å². The van der Waals surface area contributed by atoms with Gasteiger partial charge in [-0.2, -0.15) is 11.8 Å². The molecule has 0 aliphatic heterocycles. The Hall–Kier alpha value is -2.09. The highest BCUT2D eigenvalue weighted by Gasteiger charge is 2.24. The summed E-state index contributed by atoms with van der Waals surface area (Å²) in [6.45, 7) is 116. The predicted molar refractivity (Wildman–Crippen MR) is 541 cm³/mol. The number of nitrogens with one attached hydrogen (secondary N) is 2. The minimum Gasteiger partial charge on any atom is -0.463 e. The van der Waals surface area contributed by atoms with Gasteiger partial charge in [0, 0.05) is 57.3 Å². The second-order valence-corrected chi connectivity index (χ2v) is 52.4. The zero-order valence-corrected chi connectivity index (χ0v) is 93.7. The fourth-order valence-electron chi connectivity index (χ4n) is 9.88. The van der Waals surface area contributed by atoms with E-state index >= 15 is 0 Å². The van der Waals surface area contributed by atoms with Gasteiger partial charge in [0.1, 0.15) is 6.10 Å². The van der Waals surface area contributed by atoms with Crippen LogP contribution in [0.4, 0.5) is 0 Å². The molecular weight excluding hydrogens is 1560 g/mol. The maximum atomic E-state index is 11.5. The van der Waals surface area contributed by atoms with Crippen molar-refractivity contribution in [3.05, 3.63) is 0 Å². The van der Waals surface area contributed by atoms with Crippen LogP contribution in [-0.4, -0.2) is 165 Å². The van der Waals surface area contributed by atoms with Gasteiger partial charge in [0.25, 0.3) is 0 Å². The first-order valence-electron chi connectivity index (χ1n) is 48.2. The Labute approximate surface area is 774 Å². The van der Waals surface area contributed by atoms with E-state index in [1.807, 2.05) is 111 Å². The Morgan fingerprint density at radius 3 is 0.902 bits per heavy atom. The molecule has 0 spiro atoms. The molecule has 0 unspecified atom stereocenters. The normalized spacial score (nSPS) is 12.8. The fraction of sp³-hybridized carbons (Fsp3) is 0.962. The van der Waals surface area contributed by atoms with Gasteiger partial charge >= 0.3 is 17.9 Å². The summed E-state index contributed by atoms with van der Waals surface area (Å²) >= 11 is 2.13. The van der Waals surface area contributed by atoms with Crippen LogP contribution in [0.3, 0.4) is 0 Å². The molecule has 17 heteroatoms. The van der Waals surface area contributed by atoms with E-state index in [-0.39, 0.29) is 75.1 Å². The first kappa shape index (κ1) is 139. The van der Waals surface area contributed by atoms with Crippen molar-refractivity contribution in [1.82, 2.24) is 15.5 Å². The molecule has 0 saturated heterocycles. The van der Waals surface area contributed by atoms with Gasteiger partial charge in [-0.05, 0) is 314 Å². The van der Waals surface area contributed by atoms with Crippen molar-refractivity contribution in [1.29, 1.82) is 0 Å². The zero-order valence-electron chi connectivity index (χ0n) is 92.9. The van der Waals surface area contributed by atoms with E-state index in [9.17, 15) is 24.3 Å². The largest absolute Gasteiger partial charge is 0.463 e. The van der Waals surface area contributed by atoms with Crippen LogP contribution in [0, 0.1) is 66.5 Å². The number of hydrogen-bond donors (Lipinski definition) is 3. The van der Waals surface area contributed by atoms with Crippen LogP contribution in [0.15, 0.2) is 0 Å². The molecule has 0 aromatic carbocycles. The number of carbonyl (C=O) groups excluding carboxylic acids is 4. The maximum absolute atomic E-state index is 11.5. The van der Waals surface area contributed by atoms with Gasteiger partial charge in [0.15, 0.2) is 0 Å². The predicted octanol–water partition coefficient (Wildman–Crippen LogP) is 29.5. The van der Waals surface area contributed by atoms with Gasteiger partial charge in [-0.3, -0.25) is 19.2 Å². The SMILES string of the molecule is CC(C)(C)CCCNC(C)(C)C.CC(C)(C)CCCOC(C)(C)C.CC(C)(C)CCCOCCCC(C)(C)C.CC(C)(C)CCCSCCCC(C)(C)C.CC(C)(C)OCC(O)COC(C)(C)C.CC(C)(C)OCCCNC(=O)C(C)(C)C.CC(C)CC(=O)OC(C)C.CC(OC(=O)C(C)C)OC(=O)C(C)C.CN(CCCC(C)(C)C)CCCC(C)(C)C. The van der Waals surface area contributed by atoms with Crippen molar-refractivity contribution in [2.75, 3.05) is 84.4 Å². The van der Waals surface area contributed by atoms with E-state index < -0.39 is 12.4 Å². The van der Waals surface area contributed by atoms with Crippen molar-refractivity contribution in [3.63, 3.8) is 0 Å². The van der Waals surface area contributed by atoms with Crippen LogP contribution in [0.2, 0.25) is 0 Å². The van der Waals surface area contributed by atoms with E-state index in [1.54, 1.807) is 27.7 Å². The number of hydrogen-bond acceptors (Lipinski definition) is 16. The number of thioether (sulfide) groups is 1. The number of aliphatic hydroxyl groups is 1. The Balaban J connectivity index is -0.000000170. The molecule has 0 aromatic heterocycles. The standard InChI is InChI=1S/C15H33N.C14H30O.C14H30S.C12H25NO2.C11H25N.C11H24O3.C11H24O.C10H18O4.C8H16O2/c1-14(2,3)10-8-12-16(7)13-9-11-15(4,5)6;2*1-13(2,3)9-7-11-15-12-8-10-14(4,5)6;1-11(2,3)10(14)13-8-7-9-15-12(4,5)6;1-10(2,3)8-7-9-12-11(4,5)6;1-10(2,3)13-7-9(12)8-14-11(4,5)6;1-10(2,3)8-7-9-12-11(4,5)6;1-6(2)9(11)13-8(5)14-10(12)7(3)4;1-6(2)5-8(9)10-7(3)4/h8-13H2,1-7H3;2*7-12H2,1-6H3;7-9H2,1-6H3,(H,13,14);12H,7-9H2,1-6H3;9,12H,7-8H2,1-6H3;7-9H2,1-6H3;6-8H,1-5H3;6-7H,5H2,1-4H3. The number of aliphatic hydroxyl groups excluding tert-OH is 1. The molecule has 3 N–H and O–H groups in total. The van der Waals surface area contributed by atoms with Crippen LogP contribution < -0.4 is 10.6 Å². The third-order valence-electron chi connectivity index (χ3n) is 16.8. The van der Waals surface area contributed by atoms with Gasteiger partial charge in [-0.1, -0.05) is 228 Å². The Kier molecular flexibility index (Phi) is 78.7. The van der Waals surface area contributed by atoms with Gasteiger partial charge in [0.2, 0.25) is 12.2 Å². The summed E-state index contributed by atoms with van der Waals surface area (Å²) in [7, 11) is 2.26. The molecule has 0 saturated carbocycles. The van der Waals surface area contributed by atoms with Crippen LogP contribution in [0.5, 0.6) is 0 Å². The summed E-state index contributed by atoms with van der Waals surface area (Å²) in [4.78, 5) is 47.0. The lowest BCUT2D eigenvalue weighted by atomic mass is 9.90. The minimum absolute atomic E-state index is 0.0197. The number of amides is 1. The van der Waals surface area contributed by atoms with Gasteiger partial charge in [-0.25, -0.2) is 0 Å². The fourth-order valence-corrected chi connectivity index (χ4v) is 10.8. The molecular formula is C106H225N3O13S. The summed E-state index contributed by atoms with van der Waals surface area (Å²) in [5, 5.41) is 15.9. The molecule has 748 valence electrons.